The van der Waals surface area contributed by atoms with Gasteiger partial charge in [-0.05, 0) is 24.3 Å². The van der Waals surface area contributed by atoms with Crippen LogP contribution < -0.4 is 0 Å². The number of halogens is 3. The van der Waals surface area contributed by atoms with Gasteiger partial charge in [-0.15, -0.1) is 0 Å². The fraction of sp³-hybridized carbons (Fsp3) is 0.615. The summed E-state index contributed by atoms with van der Waals surface area (Å²) in [7, 11) is 0. The second-order valence-electron chi connectivity index (χ2n) is 4.98. The van der Waals surface area contributed by atoms with E-state index >= 15 is 0 Å². The van der Waals surface area contributed by atoms with Gasteiger partial charge in [0.1, 0.15) is 0 Å². The topological polar surface area (TPSA) is 33.1 Å². The molecule has 5 heteroatoms. The van der Waals surface area contributed by atoms with Gasteiger partial charge in [0.05, 0.1) is 11.7 Å². The summed E-state index contributed by atoms with van der Waals surface area (Å²) in [5.41, 5.74) is -0.868. The van der Waals surface area contributed by atoms with Crippen molar-refractivity contribution in [3.63, 3.8) is 0 Å². The van der Waals surface area contributed by atoms with E-state index < -0.39 is 17.8 Å². The van der Waals surface area contributed by atoms with Crippen LogP contribution in [0.5, 0.6) is 0 Å². The van der Waals surface area contributed by atoms with Crippen molar-refractivity contribution in [3.05, 3.63) is 29.6 Å². The molecule has 1 aromatic heterocycles. The third-order valence-electron chi connectivity index (χ3n) is 3.81. The Kier molecular flexibility index (Phi) is 3.61. The number of aliphatic hydroxyl groups is 1. The molecule has 0 saturated heterocycles. The summed E-state index contributed by atoms with van der Waals surface area (Å²) >= 11 is 0. The Balaban J connectivity index is 2.33. The summed E-state index contributed by atoms with van der Waals surface area (Å²) in [5, 5.41) is 10.2. The number of aromatic nitrogens is 1. The van der Waals surface area contributed by atoms with Crippen LogP contribution in [-0.4, -0.2) is 10.1 Å². The maximum Gasteiger partial charge on any atom is 0.416 e. The van der Waals surface area contributed by atoms with Gasteiger partial charge in [0.15, 0.2) is 0 Å². The summed E-state index contributed by atoms with van der Waals surface area (Å²) < 4.78 is 38.6. The molecule has 18 heavy (non-hydrogen) atoms. The maximum absolute atomic E-state index is 12.9. The Morgan fingerprint density at radius 2 is 2.11 bits per heavy atom. The van der Waals surface area contributed by atoms with Gasteiger partial charge in [0.2, 0.25) is 0 Å². The first-order chi connectivity index (χ1) is 8.41. The first-order valence-electron chi connectivity index (χ1n) is 6.10. The van der Waals surface area contributed by atoms with Crippen molar-refractivity contribution in [1.29, 1.82) is 0 Å². The highest BCUT2D eigenvalue weighted by atomic mass is 19.4. The van der Waals surface area contributed by atoms with E-state index in [1.54, 1.807) is 0 Å². The van der Waals surface area contributed by atoms with E-state index in [4.69, 9.17) is 0 Å². The molecule has 2 nitrogen and oxygen atoms in total. The van der Waals surface area contributed by atoms with Gasteiger partial charge >= 0.3 is 6.18 Å². The van der Waals surface area contributed by atoms with E-state index in [2.05, 4.69) is 4.98 Å². The summed E-state index contributed by atoms with van der Waals surface area (Å²) in [6, 6.07) is 0.929. The Bertz CT molecular complexity index is 419. The standard InChI is InChI=1S/C13H16F3NO/c1-8-3-2-4-9(8)12(18)10-7-17-6-5-11(10)13(14,15)16/h5-9,12,18H,2-4H2,1H3. The molecule has 1 aliphatic rings. The van der Waals surface area contributed by atoms with Crippen LogP contribution in [-0.2, 0) is 6.18 Å². The average molecular weight is 259 g/mol. The Labute approximate surface area is 104 Å². The number of pyridine rings is 1. The minimum Gasteiger partial charge on any atom is -0.388 e. The predicted molar refractivity (Wildman–Crippen MR) is 60.7 cm³/mol. The lowest BCUT2D eigenvalue weighted by Gasteiger charge is -2.24. The fourth-order valence-corrected chi connectivity index (χ4v) is 2.77. The van der Waals surface area contributed by atoms with E-state index in [1.165, 1.54) is 0 Å². The zero-order valence-corrected chi connectivity index (χ0v) is 10.1. The van der Waals surface area contributed by atoms with Crippen molar-refractivity contribution in [3.8, 4) is 0 Å². The zero-order chi connectivity index (χ0) is 13.3. The van der Waals surface area contributed by atoms with Crippen LogP contribution in [0.4, 0.5) is 13.2 Å². The molecule has 3 unspecified atom stereocenters. The molecular formula is C13H16F3NO. The number of aliphatic hydroxyl groups excluding tert-OH is 1. The van der Waals surface area contributed by atoms with Gasteiger partial charge in [0.25, 0.3) is 0 Å². The van der Waals surface area contributed by atoms with E-state index in [1.807, 2.05) is 6.92 Å². The van der Waals surface area contributed by atoms with Crippen LogP contribution in [0, 0.1) is 11.8 Å². The summed E-state index contributed by atoms with van der Waals surface area (Å²) in [5.74, 6) is 0.150. The van der Waals surface area contributed by atoms with Gasteiger partial charge in [-0.2, -0.15) is 13.2 Å². The summed E-state index contributed by atoms with van der Waals surface area (Å²) in [4.78, 5) is 3.72. The van der Waals surface area contributed by atoms with Crippen molar-refractivity contribution < 1.29 is 18.3 Å². The average Bonchev–Trinajstić information content (AvgIpc) is 2.73. The van der Waals surface area contributed by atoms with E-state index in [9.17, 15) is 18.3 Å². The van der Waals surface area contributed by atoms with Crippen molar-refractivity contribution in [2.24, 2.45) is 11.8 Å². The molecular weight excluding hydrogens is 243 g/mol. The Morgan fingerprint density at radius 1 is 1.39 bits per heavy atom. The largest absolute Gasteiger partial charge is 0.416 e. The third kappa shape index (κ3) is 2.51. The molecule has 1 saturated carbocycles. The van der Waals surface area contributed by atoms with Gasteiger partial charge in [-0.1, -0.05) is 19.8 Å². The summed E-state index contributed by atoms with van der Waals surface area (Å²) in [6.07, 6.45) is -0.577. The lowest BCUT2D eigenvalue weighted by molar-refractivity contribution is -0.139. The van der Waals surface area contributed by atoms with Crippen LogP contribution in [0.1, 0.15) is 43.4 Å². The SMILES string of the molecule is CC1CCCC1C(O)c1cnccc1C(F)(F)F. The molecule has 0 aromatic carbocycles. The minimum atomic E-state index is -4.44. The molecule has 0 radical (unpaired) electrons. The first kappa shape index (κ1) is 13.3. The monoisotopic (exact) mass is 259 g/mol. The molecule has 1 fully saturated rings. The molecule has 3 atom stereocenters. The summed E-state index contributed by atoms with van der Waals surface area (Å²) in [6.45, 7) is 1.98. The first-order valence-corrected chi connectivity index (χ1v) is 6.10. The lowest BCUT2D eigenvalue weighted by atomic mass is 9.87. The second kappa shape index (κ2) is 4.88. The predicted octanol–water partition coefficient (Wildman–Crippen LogP) is 3.57. The molecule has 0 spiro atoms. The van der Waals surface area contributed by atoms with Crippen LogP contribution in [0.3, 0.4) is 0 Å². The van der Waals surface area contributed by atoms with Crippen LogP contribution in [0.2, 0.25) is 0 Å². The second-order valence-corrected chi connectivity index (χ2v) is 4.98. The number of alkyl halides is 3. The van der Waals surface area contributed by atoms with Gasteiger partial charge < -0.3 is 5.11 Å². The van der Waals surface area contributed by atoms with Crippen molar-refractivity contribution in [2.75, 3.05) is 0 Å². The number of hydrogen-bond acceptors (Lipinski definition) is 2. The normalized spacial score (nSPS) is 26.3. The minimum absolute atomic E-state index is 0.0937. The molecule has 1 aliphatic carbocycles. The lowest BCUT2D eigenvalue weighted by Crippen LogP contribution is -2.19. The zero-order valence-electron chi connectivity index (χ0n) is 10.1. The highest BCUT2D eigenvalue weighted by Gasteiger charge is 2.38. The molecule has 1 heterocycles. The Morgan fingerprint density at radius 3 is 2.67 bits per heavy atom. The van der Waals surface area contributed by atoms with Gasteiger partial charge in [0, 0.05) is 18.0 Å². The Hall–Kier alpha value is -1.10. The van der Waals surface area contributed by atoms with E-state index in [0.717, 1.165) is 37.7 Å². The molecule has 0 bridgehead atoms. The number of rotatable bonds is 2. The number of nitrogens with zero attached hydrogens (tertiary/aromatic N) is 1. The maximum atomic E-state index is 12.9. The van der Waals surface area contributed by atoms with Crippen LogP contribution >= 0.6 is 0 Å². The highest BCUT2D eigenvalue weighted by Crippen LogP contribution is 2.43. The molecule has 1 aromatic rings. The van der Waals surface area contributed by atoms with Crippen molar-refractivity contribution in [1.82, 2.24) is 4.98 Å². The van der Waals surface area contributed by atoms with E-state index in [-0.39, 0.29) is 17.4 Å². The van der Waals surface area contributed by atoms with E-state index in [0.29, 0.717) is 0 Å². The molecule has 1 N–H and O–H groups in total. The molecule has 2 rings (SSSR count). The number of hydrogen-bond donors (Lipinski definition) is 1. The fourth-order valence-electron chi connectivity index (χ4n) is 2.77. The molecule has 0 aliphatic heterocycles. The third-order valence-corrected chi connectivity index (χ3v) is 3.81. The van der Waals surface area contributed by atoms with Gasteiger partial charge in [-0.25, -0.2) is 0 Å². The molecule has 0 amide bonds. The molecule has 100 valence electrons. The van der Waals surface area contributed by atoms with Crippen LogP contribution in [0.25, 0.3) is 0 Å². The van der Waals surface area contributed by atoms with Crippen LogP contribution in [0.15, 0.2) is 18.5 Å². The quantitative estimate of drug-likeness (QED) is 0.880. The highest BCUT2D eigenvalue weighted by molar-refractivity contribution is 5.29. The van der Waals surface area contributed by atoms with Gasteiger partial charge in [-0.3, -0.25) is 4.98 Å². The smallest absolute Gasteiger partial charge is 0.388 e. The van der Waals surface area contributed by atoms with Crippen molar-refractivity contribution >= 4 is 0 Å². The van der Waals surface area contributed by atoms with Crippen molar-refractivity contribution in [2.45, 2.75) is 38.5 Å².